The van der Waals surface area contributed by atoms with E-state index in [-0.39, 0.29) is 36.2 Å². The van der Waals surface area contributed by atoms with Gasteiger partial charge in [0.05, 0.1) is 11.7 Å². The van der Waals surface area contributed by atoms with Crippen LogP contribution in [0, 0.1) is 18.8 Å². The van der Waals surface area contributed by atoms with Crippen molar-refractivity contribution in [3.8, 4) is 22.5 Å². The number of amides is 4. The number of nitrogens with one attached hydrogen (secondary N) is 3. The van der Waals surface area contributed by atoms with Gasteiger partial charge in [-0.15, -0.1) is 10.2 Å². The smallest absolute Gasteiger partial charge is 0.475 e. The van der Waals surface area contributed by atoms with Gasteiger partial charge in [-0.3, -0.25) is 14.4 Å². The van der Waals surface area contributed by atoms with Crippen molar-refractivity contribution in [1.29, 1.82) is 0 Å². The predicted octanol–water partition coefficient (Wildman–Crippen LogP) is 5.63. The van der Waals surface area contributed by atoms with Crippen molar-refractivity contribution in [2.24, 2.45) is 23.3 Å². The lowest BCUT2D eigenvalue weighted by Crippen LogP contribution is -2.50. The first-order valence-corrected chi connectivity index (χ1v) is 21.1. The number of pyridine rings is 1. The molecule has 2 fully saturated rings. The molecule has 0 radical (unpaired) electrons. The molecule has 0 bridgehead atoms. The van der Waals surface area contributed by atoms with Gasteiger partial charge in [0, 0.05) is 41.4 Å². The van der Waals surface area contributed by atoms with Crippen molar-refractivity contribution in [2.75, 3.05) is 11.4 Å². The van der Waals surface area contributed by atoms with Crippen LogP contribution in [-0.2, 0) is 25.5 Å². The van der Waals surface area contributed by atoms with Crippen LogP contribution in [0.1, 0.15) is 93.9 Å². The second-order valence-corrected chi connectivity index (χ2v) is 17.1. The number of anilines is 1. The summed E-state index contributed by atoms with van der Waals surface area (Å²) in [5.74, 6) is -3.57. The van der Waals surface area contributed by atoms with Gasteiger partial charge < -0.3 is 31.9 Å². The molecule has 17 nitrogen and oxygen atoms in total. The number of carboxylic acids is 1. The van der Waals surface area contributed by atoms with E-state index in [4.69, 9.17) is 26.1 Å². The quantitative estimate of drug-likeness (QED) is 0.107. The van der Waals surface area contributed by atoms with Crippen LogP contribution in [0.2, 0.25) is 0 Å². The number of alkyl carbamates (subject to hydrolysis) is 1. The second kappa shape index (κ2) is 21.4. The number of hydrogen-bond acceptors (Lipinski definition) is 12. The molecule has 344 valence electrons. The first-order valence-electron chi connectivity index (χ1n) is 21.1. The highest BCUT2D eigenvalue weighted by Gasteiger charge is 2.38. The van der Waals surface area contributed by atoms with E-state index >= 15 is 0 Å². The molecule has 4 amide bonds. The standard InChI is InChI=1S/C42H54N10O5.C2HF3O2/c1-25-34(21-22-36(46-25)38(53)47-32-17-15-31(43)16-18-32)28-9-5-26(6-10-28)23-35(44)40(55)52(33-19-13-29(14-20-33)37-48-50-51-49-37)39(54)30-11-7-27(8-12-30)24-45-41(56)57-42(2,3)4;3-2(4,5)1(6)7/h5-6,9-10,13-14,19-22,27,30-32,35H,7-8,11-12,15-18,23-24,43-44H2,1-4H3,(H,45,56)(H,47,53)(H,48,49,50,51);(H,6,7)/t27?,30?,31?,32?,35-;/m0./s1. The molecule has 2 saturated carbocycles. The second-order valence-electron chi connectivity index (χ2n) is 17.1. The molecule has 6 rings (SSSR count). The molecule has 4 aromatic rings. The number of benzene rings is 2. The largest absolute Gasteiger partial charge is 0.490 e. The first-order chi connectivity index (χ1) is 30.2. The number of rotatable bonds is 11. The zero-order chi connectivity index (χ0) is 46.8. The highest BCUT2D eigenvalue weighted by molar-refractivity contribution is 6.17. The Kier molecular flexibility index (Phi) is 16.3. The summed E-state index contributed by atoms with van der Waals surface area (Å²) in [7, 11) is 0. The fourth-order valence-corrected chi connectivity index (χ4v) is 7.59. The number of aliphatic carboxylic acids is 1. The third kappa shape index (κ3) is 13.9. The van der Waals surface area contributed by atoms with Crippen molar-refractivity contribution in [1.82, 2.24) is 36.2 Å². The first kappa shape index (κ1) is 48.7. The molecule has 2 aliphatic carbocycles. The van der Waals surface area contributed by atoms with Gasteiger partial charge in [-0.1, -0.05) is 30.3 Å². The molecule has 1 atom stereocenters. The molecule has 2 aromatic carbocycles. The molecule has 0 unspecified atom stereocenters. The van der Waals surface area contributed by atoms with Gasteiger partial charge in [-0.05, 0) is 138 Å². The number of ether oxygens (including phenoxy) is 1. The van der Waals surface area contributed by atoms with E-state index in [9.17, 15) is 32.3 Å². The zero-order valence-corrected chi connectivity index (χ0v) is 36.2. The van der Waals surface area contributed by atoms with Crippen molar-refractivity contribution < 1.29 is 47.0 Å². The lowest BCUT2D eigenvalue weighted by Gasteiger charge is -2.32. The summed E-state index contributed by atoms with van der Waals surface area (Å²) in [4.78, 5) is 68.3. The van der Waals surface area contributed by atoms with Crippen LogP contribution < -0.4 is 27.0 Å². The number of carbonyl (C=O) groups excluding carboxylic acids is 4. The Hall–Kier alpha value is -6.28. The van der Waals surface area contributed by atoms with Crippen LogP contribution in [0.25, 0.3) is 22.5 Å². The van der Waals surface area contributed by atoms with Crippen LogP contribution in [0.4, 0.5) is 23.7 Å². The summed E-state index contributed by atoms with van der Waals surface area (Å²) >= 11 is 0. The Morgan fingerprint density at radius 2 is 1.50 bits per heavy atom. The molecule has 2 aromatic heterocycles. The van der Waals surface area contributed by atoms with Crippen molar-refractivity contribution >= 4 is 35.5 Å². The SMILES string of the molecule is Cc1nc(C(=O)NC2CCC(N)CC2)ccc1-c1ccc(C[C@H](N)C(=O)N(C(=O)C2CCC(CNC(=O)OC(C)(C)C)CC2)c2ccc(-c3nn[nH]n3)cc2)cc1.O=C(O)C(F)(F)F. The maximum atomic E-state index is 14.2. The minimum Gasteiger partial charge on any atom is -0.475 e. The Labute approximate surface area is 368 Å². The fourth-order valence-electron chi connectivity index (χ4n) is 7.59. The number of nitrogens with zero attached hydrogens (tertiary/aromatic N) is 5. The van der Waals surface area contributed by atoms with Crippen LogP contribution in [-0.4, -0.2) is 96.9 Å². The molecule has 0 saturated heterocycles. The molecule has 8 N–H and O–H groups in total. The molecular formula is C44H55F3N10O7. The summed E-state index contributed by atoms with van der Waals surface area (Å²) in [5, 5.41) is 27.2. The van der Waals surface area contributed by atoms with Crippen LogP contribution in [0.15, 0.2) is 60.7 Å². The predicted molar refractivity (Wildman–Crippen MR) is 229 cm³/mol. The highest BCUT2D eigenvalue weighted by Crippen LogP contribution is 2.33. The Bertz CT molecular complexity index is 2220. The van der Waals surface area contributed by atoms with Gasteiger partial charge in [0.25, 0.3) is 11.8 Å². The lowest BCUT2D eigenvalue weighted by molar-refractivity contribution is -0.192. The van der Waals surface area contributed by atoms with E-state index in [2.05, 4.69) is 36.2 Å². The highest BCUT2D eigenvalue weighted by atomic mass is 19.4. The van der Waals surface area contributed by atoms with Gasteiger partial charge in [0.1, 0.15) is 11.3 Å². The lowest BCUT2D eigenvalue weighted by atomic mass is 9.81. The maximum Gasteiger partial charge on any atom is 0.490 e. The number of halogens is 3. The maximum absolute atomic E-state index is 14.2. The number of tetrazole rings is 1. The molecule has 0 aliphatic heterocycles. The summed E-state index contributed by atoms with van der Waals surface area (Å²) in [5.41, 5.74) is 16.8. The monoisotopic (exact) mass is 892 g/mol. The van der Waals surface area contributed by atoms with Gasteiger partial charge in [0.2, 0.25) is 11.7 Å². The zero-order valence-electron chi connectivity index (χ0n) is 36.2. The molecular weight excluding hydrogens is 838 g/mol. The number of aryl methyl sites for hydroxylation is 1. The normalized spacial score (nSPS) is 19.3. The number of H-pyrrole nitrogens is 1. The van der Waals surface area contributed by atoms with Gasteiger partial charge in [0.15, 0.2) is 0 Å². The van der Waals surface area contributed by atoms with E-state index in [1.165, 1.54) is 4.90 Å². The Morgan fingerprint density at radius 1 is 0.891 bits per heavy atom. The van der Waals surface area contributed by atoms with E-state index < -0.39 is 41.7 Å². The van der Waals surface area contributed by atoms with Crippen molar-refractivity contribution in [3.63, 3.8) is 0 Å². The number of aromatic nitrogens is 5. The number of carbonyl (C=O) groups is 5. The number of alkyl halides is 3. The summed E-state index contributed by atoms with van der Waals surface area (Å²) in [6.45, 7) is 7.78. The Morgan fingerprint density at radius 3 is 2.05 bits per heavy atom. The van der Waals surface area contributed by atoms with Crippen LogP contribution in [0.5, 0.6) is 0 Å². The number of carboxylic acid groups (broad SMARTS) is 1. The number of nitrogens with two attached hydrogens (primary N) is 2. The summed E-state index contributed by atoms with van der Waals surface area (Å²) in [6, 6.07) is 17.5. The fraction of sp³-hybridized carbons (Fsp3) is 0.477. The van der Waals surface area contributed by atoms with Gasteiger partial charge >= 0.3 is 18.2 Å². The molecule has 2 aliphatic rings. The third-order valence-corrected chi connectivity index (χ3v) is 11.0. The topological polar surface area (TPSA) is 262 Å². The number of imide groups is 1. The molecule has 2 heterocycles. The minimum absolute atomic E-state index is 0.111. The van der Waals surface area contributed by atoms with Crippen LogP contribution >= 0.6 is 0 Å². The van der Waals surface area contributed by atoms with Crippen LogP contribution in [0.3, 0.4) is 0 Å². The number of hydrogen-bond donors (Lipinski definition) is 6. The van der Waals surface area contributed by atoms with Crippen molar-refractivity contribution in [2.45, 2.75) is 115 Å². The van der Waals surface area contributed by atoms with E-state index in [1.54, 1.807) is 30.3 Å². The van der Waals surface area contributed by atoms with Gasteiger partial charge in [-0.2, -0.15) is 18.4 Å². The average Bonchev–Trinajstić information content (AvgIpc) is 3.79. The molecule has 20 heteroatoms. The number of aromatic amines is 1. The van der Waals surface area contributed by atoms with Crippen molar-refractivity contribution in [3.05, 3.63) is 77.6 Å². The Balaban J connectivity index is 0.00000102. The summed E-state index contributed by atoms with van der Waals surface area (Å²) in [6.07, 6.45) is 0.757. The summed E-state index contributed by atoms with van der Waals surface area (Å²) < 4.78 is 37.1. The van der Waals surface area contributed by atoms with E-state index in [1.807, 2.05) is 58.0 Å². The molecule has 64 heavy (non-hydrogen) atoms. The average molecular weight is 893 g/mol. The van der Waals surface area contributed by atoms with E-state index in [0.717, 1.165) is 48.1 Å². The third-order valence-electron chi connectivity index (χ3n) is 11.0. The van der Waals surface area contributed by atoms with E-state index in [0.29, 0.717) is 55.0 Å². The molecule has 0 spiro atoms. The van der Waals surface area contributed by atoms with Gasteiger partial charge in [-0.25, -0.2) is 19.5 Å². The minimum atomic E-state index is -5.08.